The van der Waals surface area contributed by atoms with E-state index >= 15 is 0 Å². The third-order valence-electron chi connectivity index (χ3n) is 8.60. The highest BCUT2D eigenvalue weighted by atomic mass is 16.6. The zero-order chi connectivity index (χ0) is 33.2. The van der Waals surface area contributed by atoms with Gasteiger partial charge in [0.05, 0.1) is 25.7 Å². The minimum Gasteiger partial charge on any atom is -0.493 e. The number of allylic oxidation sites excluding steroid dienone is 1. The fourth-order valence-corrected chi connectivity index (χ4v) is 6.19. The molecule has 5 atom stereocenters. The van der Waals surface area contributed by atoms with Gasteiger partial charge in [-0.2, -0.15) is 5.10 Å². The van der Waals surface area contributed by atoms with Gasteiger partial charge in [0.25, 0.3) is 5.56 Å². The highest BCUT2D eigenvalue weighted by Crippen LogP contribution is 2.45. The van der Waals surface area contributed by atoms with Crippen molar-refractivity contribution in [1.82, 2.24) is 34.9 Å². The maximum atomic E-state index is 14.2. The number of fused-ring (bicyclic) bond motifs is 2. The van der Waals surface area contributed by atoms with Crippen LogP contribution in [-0.4, -0.2) is 90.1 Å². The number of carbonyl (C=O) groups excluding carboxylic acids is 3. The summed E-state index contributed by atoms with van der Waals surface area (Å²) in [6.07, 6.45) is 12.3. The van der Waals surface area contributed by atoms with Gasteiger partial charge in [0.2, 0.25) is 11.8 Å². The van der Waals surface area contributed by atoms with Gasteiger partial charge in [-0.1, -0.05) is 25.0 Å². The lowest BCUT2D eigenvalue weighted by Crippen LogP contribution is -2.56. The van der Waals surface area contributed by atoms with Crippen molar-refractivity contribution in [2.75, 3.05) is 13.7 Å². The Bertz CT molecular complexity index is 1560. The van der Waals surface area contributed by atoms with Crippen LogP contribution >= 0.6 is 0 Å². The summed E-state index contributed by atoms with van der Waals surface area (Å²) < 4.78 is 13.5. The number of ether oxygens (including phenoxy) is 2. The number of aromatic nitrogens is 4. The van der Waals surface area contributed by atoms with Gasteiger partial charge in [-0.3, -0.25) is 19.0 Å². The van der Waals surface area contributed by atoms with E-state index in [0.717, 1.165) is 19.3 Å². The predicted molar refractivity (Wildman–Crippen MR) is 163 cm³/mol. The predicted octanol–water partition coefficient (Wildman–Crippen LogP) is 1.95. The number of rotatable bonds is 5. The molecule has 46 heavy (non-hydrogen) atoms. The van der Waals surface area contributed by atoms with Crippen molar-refractivity contribution in [3.63, 3.8) is 0 Å². The van der Waals surface area contributed by atoms with Gasteiger partial charge < -0.3 is 30.1 Å². The summed E-state index contributed by atoms with van der Waals surface area (Å²) in [5.41, 5.74) is -2.67. The average molecular weight is 640 g/mol. The molecule has 0 unspecified atom stereocenters. The Balaban J connectivity index is 1.51. The molecule has 1 saturated carbocycles. The van der Waals surface area contributed by atoms with E-state index in [9.17, 15) is 29.1 Å². The first-order valence-electron chi connectivity index (χ1n) is 15.5. The van der Waals surface area contributed by atoms with Crippen LogP contribution in [0.15, 0.2) is 41.9 Å². The molecule has 248 valence electrons. The molecule has 1 aliphatic carbocycles. The number of alkyl carbamates (subject to hydrolysis) is 1. The molecular formula is C31H41N7O8. The van der Waals surface area contributed by atoms with Crippen LogP contribution in [0.25, 0.3) is 5.69 Å². The minimum atomic E-state index is -1.49. The molecule has 0 radical (unpaired) electrons. The number of hydrogen-bond donors (Lipinski definition) is 3. The summed E-state index contributed by atoms with van der Waals surface area (Å²) in [6.45, 7) is 5.05. The highest BCUT2D eigenvalue weighted by molar-refractivity contribution is 5.96. The van der Waals surface area contributed by atoms with Crippen LogP contribution in [0.2, 0.25) is 0 Å². The molecule has 0 spiro atoms. The van der Waals surface area contributed by atoms with Crippen LogP contribution in [0.3, 0.4) is 0 Å². The standard InChI is InChI=1S/C31H41N7O8/c1-30(2,3)46-29(44)34-21-11-9-7-5-6-8-10-19-15-31(19,28(42)43)35-25(39)22-14-20(17-37(22)26(21)40)38-27(41)24(23(45-4)16-33-38)36-13-12-32-18-36/h8,10,12-13,16,18-22H,5-7,9,11,14-15,17H2,1-4H3,(H,34,44)(H,35,39)(H,42,43)/b10-8-/t19-,20-,21-,22-,31+/m0/s1. The summed E-state index contributed by atoms with van der Waals surface area (Å²) in [5, 5.41) is 19.8. The van der Waals surface area contributed by atoms with Crippen molar-refractivity contribution in [2.45, 2.75) is 95.0 Å². The van der Waals surface area contributed by atoms with Gasteiger partial charge in [0.1, 0.15) is 23.2 Å². The van der Waals surface area contributed by atoms with Crippen LogP contribution in [0.1, 0.15) is 71.8 Å². The lowest BCUT2D eigenvalue weighted by Gasteiger charge is -2.30. The molecule has 1 saturated heterocycles. The molecule has 3 N–H and O–H groups in total. The molecule has 2 aromatic heterocycles. The Kier molecular flexibility index (Phi) is 9.22. The van der Waals surface area contributed by atoms with Crippen molar-refractivity contribution in [2.24, 2.45) is 5.92 Å². The van der Waals surface area contributed by atoms with E-state index in [4.69, 9.17) is 9.47 Å². The Morgan fingerprint density at radius 3 is 2.63 bits per heavy atom. The number of carbonyl (C=O) groups is 4. The molecular weight excluding hydrogens is 598 g/mol. The molecule has 15 nitrogen and oxygen atoms in total. The monoisotopic (exact) mass is 639 g/mol. The van der Waals surface area contributed by atoms with Gasteiger partial charge in [0.15, 0.2) is 11.4 Å². The van der Waals surface area contributed by atoms with Crippen LogP contribution in [0, 0.1) is 5.92 Å². The molecule has 2 fully saturated rings. The van der Waals surface area contributed by atoms with Gasteiger partial charge in [-0.15, -0.1) is 0 Å². The van der Waals surface area contributed by atoms with Crippen molar-refractivity contribution < 1.29 is 33.8 Å². The molecule has 2 aromatic rings. The summed E-state index contributed by atoms with van der Waals surface area (Å²) in [5.74, 6) is -2.52. The highest BCUT2D eigenvalue weighted by Gasteiger charge is 2.61. The number of imidazole rings is 1. The number of amides is 3. The topological polar surface area (TPSA) is 187 Å². The maximum Gasteiger partial charge on any atom is 0.408 e. The zero-order valence-corrected chi connectivity index (χ0v) is 26.5. The van der Waals surface area contributed by atoms with E-state index < -0.39 is 58.7 Å². The number of carboxylic acids is 1. The first kappa shape index (κ1) is 32.7. The van der Waals surface area contributed by atoms with Crippen molar-refractivity contribution in [3.8, 4) is 11.4 Å². The number of carboxylic acid groups (broad SMARTS) is 1. The Morgan fingerprint density at radius 2 is 1.96 bits per heavy atom. The zero-order valence-electron chi connectivity index (χ0n) is 26.5. The van der Waals surface area contributed by atoms with Crippen LogP contribution in [-0.2, 0) is 19.1 Å². The number of methoxy groups -OCH3 is 1. The van der Waals surface area contributed by atoms with Crippen LogP contribution < -0.4 is 20.9 Å². The summed E-state index contributed by atoms with van der Waals surface area (Å²) in [6, 6.07) is -2.91. The minimum absolute atomic E-state index is 0.0183. The van der Waals surface area contributed by atoms with Crippen molar-refractivity contribution in [3.05, 3.63) is 47.4 Å². The molecule has 0 bridgehead atoms. The SMILES string of the molecule is COc1cnn([C@H]2C[C@H]3C(=O)N[C@]4(C(=O)O)C[C@@H]4/C=C\CCCCC[C@H](NC(=O)OC(C)(C)C)C(=O)N3C2)c(=O)c1-n1ccnc1. The van der Waals surface area contributed by atoms with Gasteiger partial charge >= 0.3 is 12.1 Å². The number of nitrogens with one attached hydrogen (secondary N) is 2. The molecule has 0 aromatic carbocycles. The maximum absolute atomic E-state index is 14.2. The third kappa shape index (κ3) is 6.77. The van der Waals surface area contributed by atoms with E-state index in [2.05, 4.69) is 20.7 Å². The molecule has 4 heterocycles. The first-order valence-corrected chi connectivity index (χ1v) is 15.5. The van der Waals surface area contributed by atoms with Gasteiger partial charge in [-0.25, -0.2) is 19.3 Å². The van der Waals surface area contributed by atoms with E-state index in [-0.39, 0.29) is 36.7 Å². The number of aliphatic carboxylic acids is 1. The molecule has 2 aliphatic heterocycles. The third-order valence-corrected chi connectivity index (χ3v) is 8.60. The van der Waals surface area contributed by atoms with Crippen LogP contribution in [0.4, 0.5) is 4.79 Å². The summed E-state index contributed by atoms with van der Waals surface area (Å²) in [4.78, 5) is 72.5. The Morgan fingerprint density at radius 1 is 1.17 bits per heavy atom. The van der Waals surface area contributed by atoms with Crippen molar-refractivity contribution >= 4 is 23.9 Å². The van der Waals surface area contributed by atoms with E-state index in [0.29, 0.717) is 12.8 Å². The smallest absolute Gasteiger partial charge is 0.408 e. The fraction of sp³-hybridized carbons (Fsp3) is 0.581. The van der Waals surface area contributed by atoms with Crippen molar-refractivity contribution in [1.29, 1.82) is 0 Å². The molecule has 3 aliphatic rings. The fourth-order valence-electron chi connectivity index (χ4n) is 6.19. The Hall–Kier alpha value is -4.69. The lowest BCUT2D eigenvalue weighted by atomic mass is 10.0. The van der Waals surface area contributed by atoms with E-state index in [1.54, 1.807) is 27.0 Å². The summed E-state index contributed by atoms with van der Waals surface area (Å²) >= 11 is 0. The molecule has 5 rings (SSSR count). The second-order valence-electron chi connectivity index (χ2n) is 13.0. The normalized spacial score (nSPS) is 27.7. The molecule has 3 amide bonds. The Labute approximate surface area is 265 Å². The average Bonchev–Trinajstić information content (AvgIpc) is 3.30. The van der Waals surface area contributed by atoms with Gasteiger partial charge in [0, 0.05) is 31.3 Å². The molecule has 15 heteroatoms. The van der Waals surface area contributed by atoms with E-state index in [1.165, 1.54) is 40.0 Å². The van der Waals surface area contributed by atoms with Gasteiger partial charge in [-0.05, 0) is 46.5 Å². The largest absolute Gasteiger partial charge is 0.493 e. The second-order valence-corrected chi connectivity index (χ2v) is 13.0. The number of hydrogen-bond acceptors (Lipinski definition) is 9. The quantitative estimate of drug-likeness (QED) is 0.408. The summed E-state index contributed by atoms with van der Waals surface area (Å²) in [7, 11) is 1.41. The lowest BCUT2D eigenvalue weighted by molar-refractivity contribution is -0.145. The van der Waals surface area contributed by atoms with E-state index in [1.807, 2.05) is 12.2 Å². The first-order chi connectivity index (χ1) is 21.8. The number of nitrogens with zero attached hydrogens (tertiary/aromatic N) is 5. The second kappa shape index (κ2) is 13.0. The van der Waals surface area contributed by atoms with Crippen LogP contribution in [0.5, 0.6) is 5.75 Å².